The number of amides is 2. The molecule has 0 rings (SSSR count). The van der Waals surface area contributed by atoms with Crippen LogP contribution >= 0.6 is 0 Å². The maximum Gasteiger partial charge on any atom is 0.408 e. The van der Waals surface area contributed by atoms with E-state index in [9.17, 15) is 9.59 Å². The van der Waals surface area contributed by atoms with Crippen molar-refractivity contribution in [1.82, 2.24) is 10.6 Å². The number of oxime groups is 1. The van der Waals surface area contributed by atoms with Gasteiger partial charge in [0.05, 0.1) is 19.1 Å². The van der Waals surface area contributed by atoms with E-state index in [1.165, 1.54) is 0 Å². The van der Waals surface area contributed by atoms with Crippen LogP contribution in [0.4, 0.5) is 4.79 Å². The van der Waals surface area contributed by atoms with Gasteiger partial charge < -0.3 is 25.9 Å². The monoisotopic (exact) mass is 357 g/mol. The molecule has 0 heterocycles. The van der Waals surface area contributed by atoms with E-state index in [0.717, 1.165) is 0 Å². The number of amidine groups is 1. The van der Waals surface area contributed by atoms with E-state index in [1.54, 1.807) is 20.8 Å². The van der Waals surface area contributed by atoms with E-state index >= 15 is 0 Å². The van der Waals surface area contributed by atoms with Gasteiger partial charge in [0.1, 0.15) is 12.2 Å². The lowest BCUT2D eigenvalue weighted by molar-refractivity contribution is -0.119. The van der Waals surface area contributed by atoms with Gasteiger partial charge in [0.15, 0.2) is 5.84 Å². The third-order valence-corrected chi connectivity index (χ3v) is 2.73. The van der Waals surface area contributed by atoms with Crippen LogP contribution in [0, 0.1) is 5.92 Å². The Balaban J connectivity index is 4.77. The highest BCUT2D eigenvalue weighted by Gasteiger charge is 2.23. The van der Waals surface area contributed by atoms with Crippen LogP contribution in [-0.2, 0) is 14.4 Å². The van der Waals surface area contributed by atoms with Crippen LogP contribution in [0.3, 0.4) is 0 Å². The summed E-state index contributed by atoms with van der Waals surface area (Å²) in [4.78, 5) is 32.0. The van der Waals surface area contributed by atoms with Gasteiger partial charge in [0, 0.05) is 0 Å². The Labute approximate surface area is 149 Å². The van der Waals surface area contributed by atoms with Gasteiger partial charge in [-0.15, -0.1) is 0 Å². The predicted molar refractivity (Wildman–Crippen MR) is 97.6 cm³/mol. The SMILES string of the molecule is C=N/C(=N\OCCNC(=O)CN)C(CC(C)C)NC(=O)OC(C)(C)C. The van der Waals surface area contributed by atoms with Gasteiger partial charge in [-0.25, -0.2) is 9.79 Å². The van der Waals surface area contributed by atoms with Crippen LogP contribution in [0.15, 0.2) is 10.1 Å². The quantitative estimate of drug-likeness (QED) is 0.246. The smallest absolute Gasteiger partial charge is 0.408 e. The second kappa shape index (κ2) is 11.4. The number of carbonyl (C=O) groups is 2. The Kier molecular flexibility index (Phi) is 10.4. The molecule has 2 amide bonds. The molecular weight excluding hydrogens is 326 g/mol. The lowest BCUT2D eigenvalue weighted by atomic mass is 10.0. The van der Waals surface area contributed by atoms with Gasteiger partial charge in [-0.05, 0) is 39.8 Å². The van der Waals surface area contributed by atoms with Crippen molar-refractivity contribution in [3.63, 3.8) is 0 Å². The molecule has 4 N–H and O–H groups in total. The summed E-state index contributed by atoms with van der Waals surface area (Å²) in [6.45, 7) is 13.2. The predicted octanol–water partition coefficient (Wildman–Crippen LogP) is 1.03. The van der Waals surface area contributed by atoms with E-state index in [4.69, 9.17) is 15.3 Å². The van der Waals surface area contributed by atoms with Crippen LogP contribution in [0.5, 0.6) is 0 Å². The summed E-state index contributed by atoms with van der Waals surface area (Å²) in [7, 11) is 0. The van der Waals surface area contributed by atoms with Crippen molar-refractivity contribution in [1.29, 1.82) is 0 Å². The van der Waals surface area contributed by atoms with Crippen molar-refractivity contribution in [2.75, 3.05) is 19.7 Å². The number of nitrogens with zero attached hydrogens (tertiary/aromatic N) is 2. The molecule has 0 fully saturated rings. The molecular formula is C16H31N5O4. The molecule has 0 aromatic rings. The van der Waals surface area contributed by atoms with Gasteiger partial charge in [-0.2, -0.15) is 0 Å². The van der Waals surface area contributed by atoms with Gasteiger partial charge >= 0.3 is 6.09 Å². The van der Waals surface area contributed by atoms with Crippen LogP contribution in [-0.4, -0.2) is 55.9 Å². The topological polar surface area (TPSA) is 127 Å². The molecule has 0 aromatic heterocycles. The average molecular weight is 357 g/mol. The first-order valence-corrected chi connectivity index (χ1v) is 8.22. The summed E-state index contributed by atoms with van der Waals surface area (Å²) in [5, 5.41) is 9.18. The zero-order chi connectivity index (χ0) is 19.5. The molecule has 25 heavy (non-hydrogen) atoms. The number of alkyl carbamates (subject to hydrolysis) is 1. The first-order chi connectivity index (χ1) is 11.6. The van der Waals surface area contributed by atoms with Crippen LogP contribution in [0.2, 0.25) is 0 Å². The lowest BCUT2D eigenvalue weighted by Gasteiger charge is -2.24. The molecule has 0 bridgehead atoms. The number of ether oxygens (including phenoxy) is 1. The van der Waals surface area contributed by atoms with Gasteiger partial charge in [-0.1, -0.05) is 19.0 Å². The van der Waals surface area contributed by atoms with E-state index in [2.05, 4.69) is 27.5 Å². The number of rotatable bonds is 9. The van der Waals surface area contributed by atoms with Crippen molar-refractivity contribution >= 4 is 24.6 Å². The zero-order valence-electron chi connectivity index (χ0n) is 15.8. The normalized spacial score (nSPS) is 13.2. The van der Waals surface area contributed by atoms with E-state index in [1.807, 2.05) is 13.8 Å². The highest BCUT2D eigenvalue weighted by atomic mass is 16.6. The van der Waals surface area contributed by atoms with Crippen molar-refractivity contribution < 1.29 is 19.2 Å². The summed E-state index contributed by atoms with van der Waals surface area (Å²) in [6.07, 6.45) is 0.0226. The molecule has 0 radical (unpaired) electrons. The van der Waals surface area contributed by atoms with Crippen molar-refractivity contribution in [3.05, 3.63) is 0 Å². The van der Waals surface area contributed by atoms with E-state index in [0.29, 0.717) is 6.42 Å². The summed E-state index contributed by atoms with van der Waals surface area (Å²) < 4.78 is 5.26. The van der Waals surface area contributed by atoms with E-state index in [-0.39, 0.29) is 37.4 Å². The first-order valence-electron chi connectivity index (χ1n) is 8.22. The van der Waals surface area contributed by atoms with Crippen molar-refractivity contribution in [3.8, 4) is 0 Å². The summed E-state index contributed by atoms with van der Waals surface area (Å²) in [5.41, 5.74) is 4.57. The molecule has 9 heteroatoms. The van der Waals surface area contributed by atoms with Crippen LogP contribution in [0.1, 0.15) is 41.0 Å². The highest BCUT2D eigenvalue weighted by molar-refractivity contribution is 5.92. The third kappa shape index (κ3) is 11.9. The average Bonchev–Trinajstić information content (AvgIpc) is 2.47. The second-order valence-corrected chi connectivity index (χ2v) is 6.82. The summed E-state index contributed by atoms with van der Waals surface area (Å²) >= 11 is 0. The van der Waals surface area contributed by atoms with Crippen LogP contribution < -0.4 is 16.4 Å². The maximum atomic E-state index is 12.0. The minimum Gasteiger partial charge on any atom is -0.444 e. The first kappa shape index (κ1) is 22.8. The molecule has 1 atom stereocenters. The number of nitrogens with two attached hydrogens (primary N) is 1. The Morgan fingerprint density at radius 3 is 2.40 bits per heavy atom. The molecule has 0 aliphatic rings. The summed E-state index contributed by atoms with van der Waals surface area (Å²) in [6, 6.07) is -0.494. The third-order valence-electron chi connectivity index (χ3n) is 2.73. The second-order valence-electron chi connectivity index (χ2n) is 6.82. The van der Waals surface area contributed by atoms with Crippen molar-refractivity contribution in [2.24, 2.45) is 21.8 Å². The molecule has 0 saturated carbocycles. The standard InChI is InChI=1S/C16H31N5O4/c1-11(2)9-12(20-15(23)25-16(3,4)5)14(18-6)21-24-8-7-19-13(22)10-17/h11-12H,6-10,17H2,1-5H3,(H,19,22)(H,20,23)/b21-14-. The molecule has 0 aromatic carbocycles. The Bertz CT molecular complexity index is 472. The fourth-order valence-corrected chi connectivity index (χ4v) is 1.77. The Morgan fingerprint density at radius 2 is 1.92 bits per heavy atom. The molecule has 0 saturated heterocycles. The number of nitrogens with one attached hydrogen (secondary N) is 2. The van der Waals surface area contributed by atoms with Crippen molar-refractivity contribution in [2.45, 2.75) is 52.7 Å². The van der Waals surface area contributed by atoms with Gasteiger partial charge in [0.2, 0.25) is 5.91 Å². The van der Waals surface area contributed by atoms with E-state index < -0.39 is 17.7 Å². The number of aliphatic imine (C=N–C) groups is 1. The minimum absolute atomic E-state index is 0.0843. The summed E-state index contributed by atoms with van der Waals surface area (Å²) in [5.74, 6) is 0.236. The fraction of sp³-hybridized carbons (Fsp3) is 0.750. The highest BCUT2D eigenvalue weighted by Crippen LogP contribution is 2.11. The molecule has 0 aliphatic heterocycles. The zero-order valence-corrected chi connectivity index (χ0v) is 15.8. The van der Waals surface area contributed by atoms with Gasteiger partial charge in [0.25, 0.3) is 0 Å². The molecule has 1 unspecified atom stereocenters. The molecule has 9 nitrogen and oxygen atoms in total. The molecule has 0 aliphatic carbocycles. The van der Waals surface area contributed by atoms with Gasteiger partial charge in [-0.3, -0.25) is 4.79 Å². The number of hydrogen-bond acceptors (Lipinski definition) is 6. The number of hydrogen-bond donors (Lipinski definition) is 3. The van der Waals surface area contributed by atoms with Crippen LogP contribution in [0.25, 0.3) is 0 Å². The maximum absolute atomic E-state index is 12.0. The number of carbonyl (C=O) groups excluding carboxylic acids is 2. The molecule has 144 valence electrons. The minimum atomic E-state index is -0.608. The largest absolute Gasteiger partial charge is 0.444 e. The molecule has 0 spiro atoms. The Morgan fingerprint density at radius 1 is 1.28 bits per heavy atom. The fourth-order valence-electron chi connectivity index (χ4n) is 1.77. The lowest BCUT2D eigenvalue weighted by Crippen LogP contribution is -2.43. The Hall–Kier alpha value is -2.16.